The number of hydrogen-bond acceptors (Lipinski definition) is 2. The summed E-state index contributed by atoms with van der Waals surface area (Å²) in [5, 5.41) is 3.63. The largest absolute Gasteiger partial charge is 0.347 e. The molecule has 3 heteroatoms. The Bertz CT molecular complexity index is 256. The first kappa shape index (κ1) is 12.2. The molecule has 15 heavy (non-hydrogen) atoms. The van der Waals surface area contributed by atoms with E-state index in [9.17, 15) is 0 Å². The highest BCUT2D eigenvalue weighted by atomic mass is 15.0. The van der Waals surface area contributed by atoms with Crippen molar-refractivity contribution in [2.45, 2.75) is 52.6 Å². The molecule has 0 fully saturated rings. The van der Waals surface area contributed by atoms with Gasteiger partial charge in [0.2, 0.25) is 0 Å². The van der Waals surface area contributed by atoms with Crippen LogP contribution in [0.15, 0.2) is 12.4 Å². The Balaban J connectivity index is 2.54. The maximum absolute atomic E-state index is 4.31. The molecule has 0 saturated heterocycles. The molecule has 0 aliphatic rings. The standard InChI is InChI=1S/C12H23N3/c1-5-9(3)10(4)15-11(6-2)12-13-7-8-14-12/h7-11,15H,5-6H2,1-4H3,(H,13,14). The van der Waals surface area contributed by atoms with Crippen LogP contribution >= 0.6 is 0 Å². The van der Waals surface area contributed by atoms with Gasteiger partial charge in [0.05, 0.1) is 6.04 Å². The smallest absolute Gasteiger partial charge is 0.123 e. The van der Waals surface area contributed by atoms with Gasteiger partial charge in [-0.2, -0.15) is 0 Å². The lowest BCUT2D eigenvalue weighted by molar-refractivity contribution is 0.339. The lowest BCUT2D eigenvalue weighted by atomic mass is 9.99. The van der Waals surface area contributed by atoms with Gasteiger partial charge in [-0.15, -0.1) is 0 Å². The molecular weight excluding hydrogens is 186 g/mol. The van der Waals surface area contributed by atoms with Gasteiger partial charge < -0.3 is 10.3 Å². The number of nitrogens with zero attached hydrogens (tertiary/aromatic N) is 1. The number of aromatic nitrogens is 2. The number of aromatic amines is 1. The Hall–Kier alpha value is -0.830. The van der Waals surface area contributed by atoms with E-state index in [1.54, 1.807) is 0 Å². The highest BCUT2D eigenvalue weighted by Crippen LogP contribution is 2.16. The zero-order chi connectivity index (χ0) is 11.3. The summed E-state index contributed by atoms with van der Waals surface area (Å²) in [5.41, 5.74) is 0. The van der Waals surface area contributed by atoms with Gasteiger partial charge in [0.1, 0.15) is 5.82 Å². The summed E-state index contributed by atoms with van der Waals surface area (Å²) >= 11 is 0. The van der Waals surface area contributed by atoms with E-state index in [0.717, 1.165) is 12.2 Å². The lowest BCUT2D eigenvalue weighted by Crippen LogP contribution is -2.35. The van der Waals surface area contributed by atoms with Crippen LogP contribution in [0, 0.1) is 5.92 Å². The average Bonchev–Trinajstić information content (AvgIpc) is 2.77. The first-order chi connectivity index (χ1) is 7.19. The Morgan fingerprint density at radius 1 is 1.33 bits per heavy atom. The normalized spacial score (nSPS) is 17.3. The molecule has 0 aromatic carbocycles. The lowest BCUT2D eigenvalue weighted by Gasteiger charge is -2.25. The van der Waals surface area contributed by atoms with E-state index in [1.165, 1.54) is 6.42 Å². The molecule has 1 aromatic heterocycles. The first-order valence-electron chi connectivity index (χ1n) is 5.94. The van der Waals surface area contributed by atoms with Crippen LogP contribution in [0.3, 0.4) is 0 Å². The van der Waals surface area contributed by atoms with Gasteiger partial charge in [0.25, 0.3) is 0 Å². The Morgan fingerprint density at radius 2 is 2.07 bits per heavy atom. The van der Waals surface area contributed by atoms with Gasteiger partial charge in [-0.05, 0) is 19.3 Å². The van der Waals surface area contributed by atoms with Crippen LogP contribution in [0.5, 0.6) is 0 Å². The van der Waals surface area contributed by atoms with Gasteiger partial charge >= 0.3 is 0 Å². The minimum absolute atomic E-state index is 0.351. The van der Waals surface area contributed by atoms with Gasteiger partial charge in [0, 0.05) is 18.4 Å². The summed E-state index contributed by atoms with van der Waals surface area (Å²) in [7, 11) is 0. The van der Waals surface area contributed by atoms with Crippen molar-refractivity contribution < 1.29 is 0 Å². The molecule has 3 unspecified atom stereocenters. The first-order valence-corrected chi connectivity index (χ1v) is 5.94. The zero-order valence-electron chi connectivity index (χ0n) is 10.2. The Labute approximate surface area is 92.7 Å². The summed E-state index contributed by atoms with van der Waals surface area (Å²) < 4.78 is 0. The zero-order valence-corrected chi connectivity index (χ0v) is 10.2. The summed E-state index contributed by atoms with van der Waals surface area (Å²) in [6.45, 7) is 8.95. The predicted molar refractivity (Wildman–Crippen MR) is 63.7 cm³/mol. The third kappa shape index (κ3) is 3.34. The Kier molecular flexibility index (Phi) is 4.82. The van der Waals surface area contributed by atoms with Crippen LogP contribution in [0.4, 0.5) is 0 Å². The third-order valence-electron chi connectivity index (χ3n) is 3.22. The number of hydrogen-bond donors (Lipinski definition) is 2. The van der Waals surface area contributed by atoms with Crippen LogP contribution in [0.1, 0.15) is 52.4 Å². The van der Waals surface area contributed by atoms with Gasteiger partial charge in [-0.3, -0.25) is 0 Å². The molecule has 0 radical (unpaired) electrons. The van der Waals surface area contributed by atoms with Crippen molar-refractivity contribution in [3.05, 3.63) is 18.2 Å². The van der Waals surface area contributed by atoms with Crippen molar-refractivity contribution in [3.63, 3.8) is 0 Å². The molecule has 1 rings (SSSR count). The second-order valence-corrected chi connectivity index (χ2v) is 4.28. The van der Waals surface area contributed by atoms with E-state index in [-0.39, 0.29) is 0 Å². The summed E-state index contributed by atoms with van der Waals surface area (Å²) in [6.07, 6.45) is 5.97. The van der Waals surface area contributed by atoms with Crippen LogP contribution in [-0.2, 0) is 0 Å². The summed E-state index contributed by atoms with van der Waals surface area (Å²) in [4.78, 5) is 7.48. The molecule has 0 bridgehead atoms. The molecule has 0 aliphatic carbocycles. The van der Waals surface area contributed by atoms with Crippen molar-refractivity contribution in [2.24, 2.45) is 5.92 Å². The number of nitrogens with one attached hydrogen (secondary N) is 2. The maximum Gasteiger partial charge on any atom is 0.123 e. The van der Waals surface area contributed by atoms with Crippen molar-refractivity contribution in [3.8, 4) is 0 Å². The second kappa shape index (κ2) is 5.91. The molecule has 0 amide bonds. The quantitative estimate of drug-likeness (QED) is 0.756. The molecule has 2 N–H and O–H groups in total. The molecule has 1 heterocycles. The number of imidazole rings is 1. The van der Waals surface area contributed by atoms with Gasteiger partial charge in [-0.25, -0.2) is 4.98 Å². The van der Waals surface area contributed by atoms with Crippen molar-refractivity contribution in [1.82, 2.24) is 15.3 Å². The van der Waals surface area contributed by atoms with Crippen LogP contribution < -0.4 is 5.32 Å². The molecule has 0 saturated carbocycles. The van der Waals surface area contributed by atoms with Gasteiger partial charge in [0.15, 0.2) is 0 Å². The molecule has 3 nitrogen and oxygen atoms in total. The van der Waals surface area contributed by atoms with Crippen LogP contribution in [0.25, 0.3) is 0 Å². The molecule has 86 valence electrons. The fourth-order valence-electron chi connectivity index (χ4n) is 1.69. The van der Waals surface area contributed by atoms with Crippen molar-refractivity contribution in [1.29, 1.82) is 0 Å². The monoisotopic (exact) mass is 209 g/mol. The number of rotatable bonds is 6. The third-order valence-corrected chi connectivity index (χ3v) is 3.22. The number of H-pyrrole nitrogens is 1. The average molecular weight is 209 g/mol. The Morgan fingerprint density at radius 3 is 2.53 bits per heavy atom. The summed E-state index contributed by atoms with van der Waals surface area (Å²) in [5.74, 6) is 1.75. The molecule has 0 spiro atoms. The van der Waals surface area contributed by atoms with E-state index >= 15 is 0 Å². The predicted octanol–water partition coefficient (Wildman–Crippen LogP) is 2.89. The fourth-order valence-corrected chi connectivity index (χ4v) is 1.69. The van der Waals surface area contributed by atoms with E-state index in [0.29, 0.717) is 18.0 Å². The van der Waals surface area contributed by atoms with E-state index < -0.39 is 0 Å². The minimum Gasteiger partial charge on any atom is -0.347 e. The fraction of sp³-hybridized carbons (Fsp3) is 0.750. The highest BCUT2D eigenvalue weighted by molar-refractivity contribution is 4.96. The molecule has 3 atom stereocenters. The van der Waals surface area contributed by atoms with E-state index in [2.05, 4.69) is 43.0 Å². The molecular formula is C12H23N3. The molecule has 0 aliphatic heterocycles. The SMILES string of the molecule is CCC(NC(C)C(C)CC)c1ncc[nH]1. The molecule has 1 aromatic rings. The highest BCUT2D eigenvalue weighted by Gasteiger charge is 2.17. The minimum atomic E-state index is 0.351. The van der Waals surface area contributed by atoms with E-state index in [1.807, 2.05) is 12.4 Å². The summed E-state index contributed by atoms with van der Waals surface area (Å²) in [6, 6.07) is 0.883. The second-order valence-electron chi connectivity index (χ2n) is 4.28. The van der Waals surface area contributed by atoms with Crippen LogP contribution in [0.2, 0.25) is 0 Å². The topological polar surface area (TPSA) is 40.7 Å². The van der Waals surface area contributed by atoms with Crippen molar-refractivity contribution >= 4 is 0 Å². The van der Waals surface area contributed by atoms with Gasteiger partial charge in [-0.1, -0.05) is 27.2 Å². The van der Waals surface area contributed by atoms with E-state index in [4.69, 9.17) is 0 Å². The van der Waals surface area contributed by atoms with Crippen molar-refractivity contribution in [2.75, 3.05) is 0 Å². The van der Waals surface area contributed by atoms with Crippen LogP contribution in [-0.4, -0.2) is 16.0 Å². The maximum atomic E-state index is 4.31.